The SMILES string of the molecule is Cc1c(-c2ccc3c(c2)OCCO3)nc(C(C)C)[nH]c1=O. The van der Waals surface area contributed by atoms with E-state index in [-0.39, 0.29) is 11.5 Å². The van der Waals surface area contributed by atoms with Crippen molar-refractivity contribution in [2.24, 2.45) is 0 Å². The summed E-state index contributed by atoms with van der Waals surface area (Å²) in [6.45, 7) is 6.88. The molecule has 1 aromatic heterocycles. The maximum absolute atomic E-state index is 12.1. The summed E-state index contributed by atoms with van der Waals surface area (Å²) in [5.74, 6) is 2.28. The van der Waals surface area contributed by atoms with Gasteiger partial charge in [-0.3, -0.25) is 4.79 Å². The van der Waals surface area contributed by atoms with Gasteiger partial charge in [-0.15, -0.1) is 0 Å². The first-order valence-corrected chi connectivity index (χ1v) is 7.07. The number of benzene rings is 1. The van der Waals surface area contributed by atoms with E-state index in [9.17, 15) is 4.79 Å². The molecule has 0 bridgehead atoms. The van der Waals surface area contributed by atoms with Gasteiger partial charge >= 0.3 is 0 Å². The fourth-order valence-corrected chi connectivity index (χ4v) is 2.30. The third-order valence-electron chi connectivity index (χ3n) is 3.53. The summed E-state index contributed by atoms with van der Waals surface area (Å²) in [6.07, 6.45) is 0. The topological polar surface area (TPSA) is 64.2 Å². The van der Waals surface area contributed by atoms with Crippen LogP contribution >= 0.6 is 0 Å². The molecule has 2 aromatic rings. The number of nitrogens with zero attached hydrogens (tertiary/aromatic N) is 1. The molecule has 5 heteroatoms. The lowest BCUT2D eigenvalue weighted by Crippen LogP contribution is -2.17. The van der Waals surface area contributed by atoms with E-state index >= 15 is 0 Å². The van der Waals surface area contributed by atoms with E-state index < -0.39 is 0 Å². The number of aromatic nitrogens is 2. The van der Waals surface area contributed by atoms with Crippen LogP contribution in [0.25, 0.3) is 11.3 Å². The third kappa shape index (κ3) is 2.51. The molecule has 3 rings (SSSR count). The fraction of sp³-hybridized carbons (Fsp3) is 0.375. The molecule has 0 atom stereocenters. The zero-order valence-electron chi connectivity index (χ0n) is 12.4. The largest absolute Gasteiger partial charge is 0.486 e. The van der Waals surface area contributed by atoms with Gasteiger partial charge in [0.25, 0.3) is 5.56 Å². The minimum Gasteiger partial charge on any atom is -0.486 e. The van der Waals surface area contributed by atoms with Gasteiger partial charge in [-0.25, -0.2) is 4.98 Å². The second-order valence-corrected chi connectivity index (χ2v) is 5.44. The number of nitrogens with one attached hydrogen (secondary N) is 1. The lowest BCUT2D eigenvalue weighted by Gasteiger charge is -2.19. The summed E-state index contributed by atoms with van der Waals surface area (Å²) < 4.78 is 11.1. The Bertz CT molecular complexity index is 735. The Kier molecular flexibility index (Phi) is 3.41. The standard InChI is InChI=1S/C16H18N2O3/c1-9(2)15-17-14(10(3)16(19)18-15)11-4-5-12-13(8-11)21-7-6-20-12/h4-5,8-9H,6-7H2,1-3H3,(H,17,18,19). The molecule has 0 unspecified atom stereocenters. The van der Waals surface area contributed by atoms with Gasteiger partial charge in [0.1, 0.15) is 19.0 Å². The minimum atomic E-state index is -0.0985. The minimum absolute atomic E-state index is 0.0985. The van der Waals surface area contributed by atoms with Crippen LogP contribution in [0, 0.1) is 6.92 Å². The van der Waals surface area contributed by atoms with Crippen LogP contribution in [0.2, 0.25) is 0 Å². The number of hydrogen-bond donors (Lipinski definition) is 1. The van der Waals surface area contributed by atoms with Crippen LogP contribution in [0.4, 0.5) is 0 Å². The molecule has 0 amide bonds. The first-order valence-electron chi connectivity index (χ1n) is 7.07. The van der Waals surface area contributed by atoms with Gasteiger partial charge in [0.15, 0.2) is 11.5 Å². The number of fused-ring (bicyclic) bond motifs is 1. The Morgan fingerprint density at radius 1 is 1.19 bits per heavy atom. The summed E-state index contributed by atoms with van der Waals surface area (Å²) in [6, 6.07) is 5.65. The fourth-order valence-electron chi connectivity index (χ4n) is 2.30. The van der Waals surface area contributed by atoms with E-state index in [1.54, 1.807) is 6.92 Å². The smallest absolute Gasteiger partial charge is 0.254 e. The first-order chi connectivity index (χ1) is 10.1. The van der Waals surface area contributed by atoms with Crippen molar-refractivity contribution < 1.29 is 9.47 Å². The monoisotopic (exact) mass is 286 g/mol. The average molecular weight is 286 g/mol. The lowest BCUT2D eigenvalue weighted by molar-refractivity contribution is 0.171. The molecule has 110 valence electrons. The summed E-state index contributed by atoms with van der Waals surface area (Å²) in [7, 11) is 0. The van der Waals surface area contributed by atoms with Crippen LogP contribution < -0.4 is 15.0 Å². The molecular weight excluding hydrogens is 268 g/mol. The zero-order valence-corrected chi connectivity index (χ0v) is 12.4. The molecule has 0 spiro atoms. The maximum Gasteiger partial charge on any atom is 0.254 e. The van der Waals surface area contributed by atoms with Gasteiger partial charge in [0, 0.05) is 17.0 Å². The highest BCUT2D eigenvalue weighted by Gasteiger charge is 2.16. The Labute approximate surface area is 123 Å². The van der Waals surface area contributed by atoms with Gasteiger partial charge in [-0.2, -0.15) is 0 Å². The summed E-state index contributed by atoms with van der Waals surface area (Å²) >= 11 is 0. The molecule has 1 aromatic carbocycles. The highest BCUT2D eigenvalue weighted by molar-refractivity contribution is 5.66. The van der Waals surface area contributed by atoms with Crippen molar-refractivity contribution in [2.75, 3.05) is 13.2 Å². The Balaban J connectivity index is 2.13. The lowest BCUT2D eigenvalue weighted by atomic mass is 10.1. The Morgan fingerprint density at radius 2 is 1.90 bits per heavy atom. The van der Waals surface area contributed by atoms with Crippen LogP contribution in [0.15, 0.2) is 23.0 Å². The molecule has 1 aliphatic heterocycles. The van der Waals surface area contributed by atoms with Crippen LogP contribution in [0.5, 0.6) is 11.5 Å². The maximum atomic E-state index is 12.1. The zero-order chi connectivity index (χ0) is 15.0. The summed E-state index contributed by atoms with van der Waals surface area (Å²) in [4.78, 5) is 19.5. The van der Waals surface area contributed by atoms with Crippen molar-refractivity contribution in [3.8, 4) is 22.8 Å². The highest BCUT2D eigenvalue weighted by Crippen LogP contribution is 2.34. The van der Waals surface area contributed by atoms with Crippen molar-refractivity contribution in [3.05, 3.63) is 39.9 Å². The van der Waals surface area contributed by atoms with E-state index in [0.29, 0.717) is 36.0 Å². The predicted octanol–water partition coefficient (Wildman–Crippen LogP) is 2.64. The van der Waals surface area contributed by atoms with E-state index in [1.807, 2.05) is 32.0 Å². The van der Waals surface area contributed by atoms with E-state index in [2.05, 4.69) is 9.97 Å². The molecule has 21 heavy (non-hydrogen) atoms. The average Bonchev–Trinajstić information content (AvgIpc) is 2.49. The molecular formula is C16H18N2O3. The number of aromatic amines is 1. The van der Waals surface area contributed by atoms with Crippen LogP contribution in [-0.2, 0) is 0 Å². The number of rotatable bonds is 2. The van der Waals surface area contributed by atoms with Crippen LogP contribution in [-0.4, -0.2) is 23.2 Å². The molecule has 0 fully saturated rings. The number of H-pyrrole nitrogens is 1. The summed E-state index contributed by atoms with van der Waals surface area (Å²) in [5.41, 5.74) is 2.07. The van der Waals surface area contributed by atoms with Crippen molar-refractivity contribution >= 4 is 0 Å². The van der Waals surface area contributed by atoms with Crippen molar-refractivity contribution in [3.63, 3.8) is 0 Å². The second kappa shape index (κ2) is 5.24. The molecule has 1 N–H and O–H groups in total. The van der Waals surface area contributed by atoms with Crippen LogP contribution in [0.1, 0.15) is 31.2 Å². The van der Waals surface area contributed by atoms with Crippen molar-refractivity contribution in [2.45, 2.75) is 26.7 Å². The predicted molar refractivity (Wildman–Crippen MR) is 80.1 cm³/mol. The molecule has 0 radical (unpaired) electrons. The van der Waals surface area contributed by atoms with Gasteiger partial charge in [-0.1, -0.05) is 13.8 Å². The van der Waals surface area contributed by atoms with E-state index in [4.69, 9.17) is 9.47 Å². The van der Waals surface area contributed by atoms with Gasteiger partial charge < -0.3 is 14.5 Å². The van der Waals surface area contributed by atoms with E-state index in [1.165, 1.54) is 0 Å². The van der Waals surface area contributed by atoms with Gasteiger partial charge in [-0.05, 0) is 25.1 Å². The molecule has 0 saturated carbocycles. The highest BCUT2D eigenvalue weighted by atomic mass is 16.6. The molecule has 2 heterocycles. The summed E-state index contributed by atoms with van der Waals surface area (Å²) in [5, 5.41) is 0. The number of hydrogen-bond acceptors (Lipinski definition) is 4. The Hall–Kier alpha value is -2.30. The van der Waals surface area contributed by atoms with Crippen molar-refractivity contribution in [1.82, 2.24) is 9.97 Å². The molecule has 5 nitrogen and oxygen atoms in total. The molecule has 1 aliphatic rings. The third-order valence-corrected chi connectivity index (χ3v) is 3.53. The second-order valence-electron chi connectivity index (χ2n) is 5.44. The van der Waals surface area contributed by atoms with Gasteiger partial charge in [0.05, 0.1) is 5.69 Å². The normalized spacial score (nSPS) is 13.5. The Morgan fingerprint density at radius 3 is 2.62 bits per heavy atom. The van der Waals surface area contributed by atoms with Gasteiger partial charge in [0.2, 0.25) is 0 Å². The van der Waals surface area contributed by atoms with Crippen LogP contribution in [0.3, 0.4) is 0 Å². The molecule has 0 saturated heterocycles. The number of ether oxygens (including phenoxy) is 2. The molecule has 0 aliphatic carbocycles. The van der Waals surface area contributed by atoms with Crippen molar-refractivity contribution in [1.29, 1.82) is 0 Å². The quantitative estimate of drug-likeness (QED) is 0.921. The van der Waals surface area contributed by atoms with E-state index in [0.717, 1.165) is 11.3 Å². The first kappa shape index (κ1) is 13.7.